The van der Waals surface area contributed by atoms with Crippen molar-refractivity contribution < 1.29 is 4.79 Å². The molecule has 2 rings (SSSR count). The van der Waals surface area contributed by atoms with Gasteiger partial charge < -0.3 is 0 Å². The first-order valence-corrected chi connectivity index (χ1v) is 5.63. The molecule has 0 saturated carbocycles. The number of benzene rings is 1. The van der Waals surface area contributed by atoms with Crippen molar-refractivity contribution >= 4 is 33.3 Å². The van der Waals surface area contributed by atoms with Crippen LogP contribution in [0, 0.1) is 0 Å². The molecule has 0 radical (unpaired) electrons. The summed E-state index contributed by atoms with van der Waals surface area (Å²) in [5, 5.41) is 0.0579. The van der Waals surface area contributed by atoms with Crippen molar-refractivity contribution in [2.24, 2.45) is 0 Å². The minimum Gasteiger partial charge on any atom is -0.287 e. The number of rotatable bonds is 2. The van der Waals surface area contributed by atoms with E-state index >= 15 is 0 Å². The van der Waals surface area contributed by atoms with Crippen LogP contribution in [-0.2, 0) is 0 Å². The molecule has 0 saturated heterocycles. The van der Waals surface area contributed by atoms with E-state index in [0.29, 0.717) is 10.0 Å². The summed E-state index contributed by atoms with van der Waals surface area (Å²) in [6.07, 6.45) is 1.46. The average molecular weight is 298 g/mol. The number of hydrogen-bond donors (Lipinski definition) is 0. The van der Waals surface area contributed by atoms with Gasteiger partial charge in [-0.1, -0.05) is 30.3 Å². The molecule has 0 spiro atoms. The SMILES string of the molecule is O=C(c1ccccc1)c1nc(Cl)ncc1Br. The van der Waals surface area contributed by atoms with Crippen LogP contribution in [0.1, 0.15) is 16.1 Å². The van der Waals surface area contributed by atoms with E-state index in [-0.39, 0.29) is 16.8 Å². The number of aromatic nitrogens is 2. The van der Waals surface area contributed by atoms with Crippen molar-refractivity contribution in [3.8, 4) is 0 Å². The largest absolute Gasteiger partial charge is 0.287 e. The number of hydrogen-bond acceptors (Lipinski definition) is 3. The Balaban J connectivity index is 2.46. The highest BCUT2D eigenvalue weighted by Crippen LogP contribution is 2.18. The third kappa shape index (κ3) is 2.28. The van der Waals surface area contributed by atoms with Crippen LogP contribution in [0.15, 0.2) is 41.0 Å². The van der Waals surface area contributed by atoms with Crippen LogP contribution in [0.25, 0.3) is 0 Å². The zero-order chi connectivity index (χ0) is 11.5. The Morgan fingerprint density at radius 1 is 1.25 bits per heavy atom. The van der Waals surface area contributed by atoms with Crippen LogP contribution >= 0.6 is 27.5 Å². The predicted molar refractivity (Wildman–Crippen MR) is 64.6 cm³/mol. The Kier molecular flexibility index (Phi) is 3.31. The molecule has 2 aromatic rings. The van der Waals surface area contributed by atoms with E-state index in [4.69, 9.17) is 11.6 Å². The summed E-state index contributed by atoms with van der Waals surface area (Å²) < 4.78 is 0.533. The van der Waals surface area contributed by atoms with E-state index in [0.717, 1.165) is 0 Å². The summed E-state index contributed by atoms with van der Waals surface area (Å²) in [6.45, 7) is 0. The van der Waals surface area contributed by atoms with Crippen molar-refractivity contribution in [3.05, 3.63) is 57.5 Å². The van der Waals surface area contributed by atoms with Crippen molar-refractivity contribution in [1.29, 1.82) is 0 Å². The molecule has 0 aliphatic rings. The summed E-state index contributed by atoms with van der Waals surface area (Å²) in [6, 6.07) is 8.89. The molecule has 0 bridgehead atoms. The van der Waals surface area contributed by atoms with Crippen LogP contribution < -0.4 is 0 Å². The lowest BCUT2D eigenvalue weighted by molar-refractivity contribution is 0.103. The predicted octanol–water partition coefficient (Wildman–Crippen LogP) is 3.12. The van der Waals surface area contributed by atoms with Gasteiger partial charge in [0.2, 0.25) is 11.1 Å². The number of carbonyl (C=O) groups excluding carboxylic acids is 1. The molecule has 1 aromatic carbocycles. The molecule has 80 valence electrons. The van der Waals surface area contributed by atoms with Crippen molar-refractivity contribution in [2.45, 2.75) is 0 Å². The Hall–Kier alpha value is -1.26. The summed E-state index contributed by atoms with van der Waals surface area (Å²) in [5.74, 6) is -0.184. The molecule has 0 aliphatic heterocycles. The maximum absolute atomic E-state index is 12.0. The fourth-order valence-corrected chi connectivity index (χ4v) is 1.74. The Morgan fingerprint density at radius 2 is 1.94 bits per heavy atom. The molecule has 0 fully saturated rings. The second-order valence-corrected chi connectivity index (χ2v) is 4.22. The molecule has 1 aromatic heterocycles. The van der Waals surface area contributed by atoms with E-state index in [2.05, 4.69) is 25.9 Å². The summed E-state index contributed by atoms with van der Waals surface area (Å²) >= 11 is 8.88. The maximum Gasteiger partial charge on any atom is 0.223 e. The molecule has 0 aliphatic carbocycles. The van der Waals surface area contributed by atoms with Gasteiger partial charge in [-0.3, -0.25) is 4.79 Å². The minimum atomic E-state index is -0.184. The van der Waals surface area contributed by atoms with E-state index in [9.17, 15) is 4.79 Å². The molecule has 0 amide bonds. The van der Waals surface area contributed by atoms with Crippen molar-refractivity contribution in [2.75, 3.05) is 0 Å². The van der Waals surface area contributed by atoms with Gasteiger partial charge in [0.1, 0.15) is 5.69 Å². The summed E-state index contributed by atoms with van der Waals surface area (Å²) in [5.41, 5.74) is 0.837. The minimum absolute atomic E-state index is 0.0579. The monoisotopic (exact) mass is 296 g/mol. The van der Waals surface area contributed by atoms with Crippen LogP contribution in [0.3, 0.4) is 0 Å². The van der Waals surface area contributed by atoms with Gasteiger partial charge >= 0.3 is 0 Å². The highest BCUT2D eigenvalue weighted by molar-refractivity contribution is 9.10. The third-order valence-electron chi connectivity index (χ3n) is 1.97. The Morgan fingerprint density at radius 3 is 2.62 bits per heavy atom. The van der Waals surface area contributed by atoms with Crippen LogP contribution in [0.5, 0.6) is 0 Å². The lowest BCUT2D eigenvalue weighted by Crippen LogP contribution is -2.06. The molecule has 0 unspecified atom stereocenters. The Bertz CT molecular complexity index is 531. The lowest BCUT2D eigenvalue weighted by Gasteiger charge is -2.02. The average Bonchev–Trinajstić information content (AvgIpc) is 2.32. The van der Waals surface area contributed by atoms with Gasteiger partial charge in [0, 0.05) is 11.8 Å². The number of ketones is 1. The van der Waals surface area contributed by atoms with Gasteiger partial charge in [-0.15, -0.1) is 0 Å². The van der Waals surface area contributed by atoms with Crippen LogP contribution in [-0.4, -0.2) is 15.8 Å². The Labute approximate surface area is 106 Å². The zero-order valence-electron chi connectivity index (χ0n) is 8.02. The normalized spacial score (nSPS) is 10.1. The maximum atomic E-state index is 12.0. The number of carbonyl (C=O) groups is 1. The first kappa shape index (κ1) is 11.2. The first-order chi connectivity index (χ1) is 7.68. The standard InChI is InChI=1S/C11H6BrClN2O/c12-8-6-14-11(13)15-9(8)10(16)7-4-2-1-3-5-7/h1-6H. The fraction of sp³-hybridized carbons (Fsp3) is 0. The summed E-state index contributed by atoms with van der Waals surface area (Å²) in [7, 11) is 0. The zero-order valence-corrected chi connectivity index (χ0v) is 10.4. The fourth-order valence-electron chi connectivity index (χ4n) is 1.23. The second-order valence-electron chi connectivity index (χ2n) is 3.03. The van der Waals surface area contributed by atoms with Gasteiger partial charge in [-0.2, -0.15) is 0 Å². The third-order valence-corrected chi connectivity index (χ3v) is 2.73. The smallest absolute Gasteiger partial charge is 0.223 e. The quantitative estimate of drug-likeness (QED) is 0.632. The van der Waals surface area contributed by atoms with E-state index in [1.807, 2.05) is 6.07 Å². The molecule has 3 nitrogen and oxygen atoms in total. The molecule has 5 heteroatoms. The van der Waals surface area contributed by atoms with E-state index < -0.39 is 0 Å². The first-order valence-electron chi connectivity index (χ1n) is 4.46. The lowest BCUT2D eigenvalue weighted by atomic mass is 10.1. The molecule has 16 heavy (non-hydrogen) atoms. The molecule has 0 atom stereocenters. The van der Waals surface area contributed by atoms with E-state index in [1.165, 1.54) is 6.20 Å². The number of halogens is 2. The van der Waals surface area contributed by atoms with Gasteiger partial charge in [0.15, 0.2) is 0 Å². The molecular weight excluding hydrogens is 291 g/mol. The second kappa shape index (κ2) is 4.72. The molecule has 1 heterocycles. The number of nitrogens with zero attached hydrogens (tertiary/aromatic N) is 2. The van der Waals surface area contributed by atoms with Crippen molar-refractivity contribution in [1.82, 2.24) is 9.97 Å². The van der Waals surface area contributed by atoms with Gasteiger partial charge in [-0.25, -0.2) is 9.97 Å². The van der Waals surface area contributed by atoms with Crippen LogP contribution in [0.2, 0.25) is 5.28 Å². The summed E-state index contributed by atoms with van der Waals surface area (Å²) in [4.78, 5) is 19.7. The van der Waals surface area contributed by atoms with Crippen LogP contribution in [0.4, 0.5) is 0 Å². The topological polar surface area (TPSA) is 42.9 Å². The van der Waals surface area contributed by atoms with Gasteiger partial charge in [-0.05, 0) is 27.5 Å². The van der Waals surface area contributed by atoms with Crippen molar-refractivity contribution in [3.63, 3.8) is 0 Å². The highest BCUT2D eigenvalue weighted by Gasteiger charge is 2.14. The molecular formula is C11H6BrClN2O. The van der Waals surface area contributed by atoms with Gasteiger partial charge in [0.25, 0.3) is 0 Å². The highest BCUT2D eigenvalue weighted by atomic mass is 79.9. The molecule has 0 N–H and O–H groups in total. The van der Waals surface area contributed by atoms with E-state index in [1.54, 1.807) is 24.3 Å². The van der Waals surface area contributed by atoms with Gasteiger partial charge in [0.05, 0.1) is 4.47 Å².